The smallest absolute Gasteiger partial charge is 0.255 e. The number of amides is 1. The van der Waals surface area contributed by atoms with Crippen LogP contribution in [0, 0.1) is 11.3 Å². The summed E-state index contributed by atoms with van der Waals surface area (Å²) in [6.07, 6.45) is 0.861. The number of rotatable bonds is 7. The Bertz CT molecular complexity index is 1370. The van der Waals surface area contributed by atoms with Crippen LogP contribution in [0.5, 0.6) is 0 Å². The van der Waals surface area contributed by atoms with E-state index in [1.165, 1.54) is 11.0 Å². The minimum atomic E-state index is -3.86. The van der Waals surface area contributed by atoms with Crippen molar-refractivity contribution in [3.63, 3.8) is 0 Å². The molecule has 6 nitrogen and oxygen atoms in total. The Kier molecular flexibility index (Phi) is 7.65. The largest absolute Gasteiger partial charge is 0.388 e. The van der Waals surface area contributed by atoms with Crippen LogP contribution in [-0.4, -0.2) is 44.2 Å². The quantitative estimate of drug-likeness (QED) is 0.487. The molecule has 1 amide bonds. The minimum Gasteiger partial charge on any atom is -0.388 e. The molecule has 33 heavy (non-hydrogen) atoms. The van der Waals surface area contributed by atoms with E-state index in [9.17, 15) is 23.6 Å². The molecule has 0 heterocycles. The van der Waals surface area contributed by atoms with Gasteiger partial charge in [-0.2, -0.15) is 5.26 Å². The molecule has 3 aromatic carbocycles. The third-order valence-electron chi connectivity index (χ3n) is 5.37. The third kappa shape index (κ3) is 5.31. The first-order valence-corrected chi connectivity index (χ1v) is 12.7. The van der Waals surface area contributed by atoms with Gasteiger partial charge in [-0.05, 0) is 35.7 Å². The molecule has 9 heteroatoms. The summed E-state index contributed by atoms with van der Waals surface area (Å²) in [7, 11) is -2.31. The van der Waals surface area contributed by atoms with Gasteiger partial charge < -0.3 is 10.0 Å². The average Bonchev–Trinajstić information content (AvgIpc) is 2.78. The number of sulfone groups is 1. The third-order valence-corrected chi connectivity index (χ3v) is 7.36. The van der Waals surface area contributed by atoms with Crippen LogP contribution in [0.1, 0.15) is 40.4 Å². The van der Waals surface area contributed by atoms with Crippen LogP contribution in [0.4, 0.5) is 0 Å². The Morgan fingerprint density at radius 3 is 2.55 bits per heavy atom. The second kappa shape index (κ2) is 10.1. The summed E-state index contributed by atoms with van der Waals surface area (Å²) in [5, 5.41) is 21.7. The van der Waals surface area contributed by atoms with E-state index in [1.807, 2.05) is 6.07 Å². The van der Waals surface area contributed by atoms with Crippen molar-refractivity contribution in [3.05, 3.63) is 75.3 Å². The number of carbonyl (C=O) groups is 1. The van der Waals surface area contributed by atoms with Crippen LogP contribution in [0.15, 0.2) is 53.4 Å². The topological polar surface area (TPSA) is 98.5 Å². The summed E-state index contributed by atoms with van der Waals surface area (Å²) < 4.78 is 25.1. The normalized spacial score (nSPS) is 12.4. The number of nitriles is 1. The Morgan fingerprint density at radius 2 is 1.88 bits per heavy atom. The number of hydrogen-bond acceptors (Lipinski definition) is 5. The van der Waals surface area contributed by atoms with E-state index in [-0.39, 0.29) is 27.6 Å². The molecule has 0 spiro atoms. The molecule has 0 aromatic heterocycles. The fourth-order valence-corrected chi connectivity index (χ4v) is 5.26. The molecule has 3 aromatic rings. The summed E-state index contributed by atoms with van der Waals surface area (Å²) in [6, 6.07) is 15.3. The molecular weight excluding hydrogens is 483 g/mol. The van der Waals surface area contributed by atoms with Gasteiger partial charge in [-0.3, -0.25) is 4.79 Å². The number of nitrogens with zero attached hydrogens (tertiary/aromatic N) is 2. The predicted molar refractivity (Wildman–Crippen MR) is 129 cm³/mol. The first-order chi connectivity index (χ1) is 15.6. The van der Waals surface area contributed by atoms with Crippen LogP contribution in [-0.2, 0) is 9.84 Å². The van der Waals surface area contributed by atoms with Crippen molar-refractivity contribution in [2.45, 2.75) is 23.8 Å². The summed E-state index contributed by atoms with van der Waals surface area (Å²) >= 11 is 12.2. The molecule has 0 fully saturated rings. The molecule has 0 saturated carbocycles. The second-order valence-electron chi connectivity index (χ2n) is 7.76. The van der Waals surface area contributed by atoms with Gasteiger partial charge in [0, 0.05) is 25.4 Å². The Balaban J connectivity index is 1.88. The summed E-state index contributed by atoms with van der Waals surface area (Å²) in [5.41, 5.74) is 0.414. The number of hydrogen-bond donors (Lipinski definition) is 1. The standard InChI is InChI=1S/C24H22Cl2N2O4S/c1-28(12-6-11-20(29)18-9-5-10-19(25)22(18)26)24(30)21-17-8-4-3-7-15(17)13-16(14-27)23(21)33(2,31)32/h3-5,7-10,13,20,29H,6,11-12H2,1-2H3. The van der Waals surface area contributed by atoms with E-state index < -0.39 is 21.8 Å². The molecule has 0 saturated heterocycles. The number of carbonyl (C=O) groups excluding carboxylic acids is 1. The Morgan fingerprint density at radius 1 is 1.18 bits per heavy atom. The minimum absolute atomic E-state index is 0.0203. The Hall–Kier alpha value is -2.63. The molecule has 3 rings (SSSR count). The van der Waals surface area contributed by atoms with Gasteiger partial charge in [0.2, 0.25) is 0 Å². The van der Waals surface area contributed by atoms with Gasteiger partial charge in [0.1, 0.15) is 6.07 Å². The molecule has 1 unspecified atom stereocenters. The lowest BCUT2D eigenvalue weighted by Crippen LogP contribution is -2.30. The molecule has 1 atom stereocenters. The highest BCUT2D eigenvalue weighted by molar-refractivity contribution is 7.90. The van der Waals surface area contributed by atoms with Crippen molar-refractivity contribution in [2.24, 2.45) is 0 Å². The van der Waals surface area contributed by atoms with E-state index in [1.54, 1.807) is 49.5 Å². The zero-order chi connectivity index (χ0) is 24.3. The maximum absolute atomic E-state index is 13.4. The number of benzene rings is 3. The molecule has 0 aliphatic heterocycles. The van der Waals surface area contributed by atoms with E-state index in [0.717, 1.165) is 6.26 Å². The predicted octanol–water partition coefficient (Wildman–Crippen LogP) is 5.01. The van der Waals surface area contributed by atoms with Gasteiger partial charge in [-0.25, -0.2) is 8.42 Å². The van der Waals surface area contributed by atoms with Crippen molar-refractivity contribution in [1.82, 2.24) is 4.90 Å². The fraction of sp³-hybridized carbons (Fsp3) is 0.250. The van der Waals surface area contributed by atoms with Gasteiger partial charge in [-0.15, -0.1) is 0 Å². The van der Waals surface area contributed by atoms with Crippen LogP contribution < -0.4 is 0 Å². The summed E-state index contributed by atoms with van der Waals surface area (Å²) in [5.74, 6) is -0.515. The second-order valence-corrected chi connectivity index (χ2v) is 10.5. The SMILES string of the molecule is CN(CCCC(O)c1cccc(Cl)c1Cl)C(=O)c1c(S(C)(=O)=O)c(C#N)cc2ccccc12. The van der Waals surface area contributed by atoms with Crippen molar-refractivity contribution in [3.8, 4) is 6.07 Å². The van der Waals surface area contributed by atoms with Gasteiger partial charge in [0.15, 0.2) is 9.84 Å². The highest BCUT2D eigenvalue weighted by Gasteiger charge is 2.28. The highest BCUT2D eigenvalue weighted by atomic mass is 35.5. The lowest BCUT2D eigenvalue weighted by molar-refractivity contribution is 0.0780. The summed E-state index contributed by atoms with van der Waals surface area (Å²) in [4.78, 5) is 14.5. The van der Waals surface area contributed by atoms with E-state index in [4.69, 9.17) is 23.2 Å². The maximum atomic E-state index is 13.4. The lowest BCUT2D eigenvalue weighted by Gasteiger charge is -2.21. The number of aliphatic hydroxyl groups is 1. The van der Waals surface area contributed by atoms with Crippen molar-refractivity contribution < 1.29 is 18.3 Å². The Labute approximate surface area is 202 Å². The number of aliphatic hydroxyl groups excluding tert-OH is 1. The molecule has 0 aliphatic rings. The summed E-state index contributed by atoms with van der Waals surface area (Å²) in [6.45, 7) is 0.252. The number of fused-ring (bicyclic) bond motifs is 1. The van der Waals surface area contributed by atoms with E-state index in [2.05, 4.69) is 0 Å². The molecular formula is C24H22Cl2N2O4S. The van der Waals surface area contributed by atoms with Crippen molar-refractivity contribution >= 4 is 49.7 Å². The fourth-order valence-electron chi connectivity index (χ4n) is 3.76. The van der Waals surface area contributed by atoms with Crippen LogP contribution >= 0.6 is 23.2 Å². The average molecular weight is 505 g/mol. The molecule has 172 valence electrons. The van der Waals surface area contributed by atoms with Gasteiger partial charge in [0.05, 0.1) is 32.2 Å². The van der Waals surface area contributed by atoms with Crippen molar-refractivity contribution in [1.29, 1.82) is 5.26 Å². The molecule has 1 N–H and O–H groups in total. The van der Waals surface area contributed by atoms with E-state index >= 15 is 0 Å². The molecule has 0 aliphatic carbocycles. The van der Waals surface area contributed by atoms with Gasteiger partial charge in [-0.1, -0.05) is 59.6 Å². The monoisotopic (exact) mass is 504 g/mol. The van der Waals surface area contributed by atoms with E-state index in [0.29, 0.717) is 34.2 Å². The first-order valence-electron chi connectivity index (χ1n) is 10.1. The van der Waals surface area contributed by atoms with Crippen molar-refractivity contribution in [2.75, 3.05) is 19.8 Å². The highest BCUT2D eigenvalue weighted by Crippen LogP contribution is 2.33. The maximum Gasteiger partial charge on any atom is 0.255 e. The zero-order valence-electron chi connectivity index (χ0n) is 18.0. The van der Waals surface area contributed by atoms with Gasteiger partial charge >= 0.3 is 0 Å². The molecule has 0 bridgehead atoms. The zero-order valence-corrected chi connectivity index (χ0v) is 20.4. The number of halogens is 2. The van der Waals surface area contributed by atoms with Gasteiger partial charge in [0.25, 0.3) is 5.91 Å². The van der Waals surface area contributed by atoms with Crippen LogP contribution in [0.25, 0.3) is 10.8 Å². The van der Waals surface area contributed by atoms with Crippen LogP contribution in [0.2, 0.25) is 10.0 Å². The lowest BCUT2D eigenvalue weighted by atomic mass is 9.99. The molecule has 0 radical (unpaired) electrons. The first kappa shape index (κ1) is 25.0. The van der Waals surface area contributed by atoms with Crippen LogP contribution in [0.3, 0.4) is 0 Å².